The highest BCUT2D eigenvalue weighted by Crippen LogP contribution is 2.18. The smallest absolute Gasteiger partial charge is 0.123 e. The lowest BCUT2D eigenvalue weighted by Gasteiger charge is -2.34. The van der Waals surface area contributed by atoms with Crippen molar-refractivity contribution in [3.8, 4) is 0 Å². The molecule has 72 valence electrons. The summed E-state index contributed by atoms with van der Waals surface area (Å²) in [5.74, 6) is 1.54. The summed E-state index contributed by atoms with van der Waals surface area (Å²) in [6, 6.07) is 0.409. The third-order valence-corrected chi connectivity index (χ3v) is 2.27. The Balaban J connectivity index is 2.86. The van der Waals surface area contributed by atoms with Crippen molar-refractivity contribution in [3.63, 3.8) is 0 Å². The number of hydrogen-bond acceptors (Lipinski definition) is 3. The fourth-order valence-electron chi connectivity index (χ4n) is 1.41. The zero-order valence-corrected chi connectivity index (χ0v) is 8.33. The first-order chi connectivity index (χ1) is 6.06. The van der Waals surface area contributed by atoms with Gasteiger partial charge < -0.3 is 10.6 Å². The third kappa shape index (κ3) is 1.91. The van der Waals surface area contributed by atoms with Crippen LogP contribution in [0.4, 0.5) is 0 Å². The van der Waals surface area contributed by atoms with E-state index in [4.69, 9.17) is 5.73 Å². The molecule has 0 radical (unpaired) electrons. The van der Waals surface area contributed by atoms with Gasteiger partial charge in [-0.2, -0.15) is 0 Å². The molecule has 1 heterocycles. The molecule has 0 fully saturated rings. The van der Waals surface area contributed by atoms with E-state index < -0.39 is 0 Å². The standard InChI is InChI=1S/C10H17N3/c1-5-9-6-13(7(2)3)8(4)12-10(9)11/h5,7,9H,1,4,6H2,2-3H3,(H2,11,12). The van der Waals surface area contributed by atoms with E-state index in [1.54, 1.807) is 0 Å². The molecule has 2 N–H and O–H groups in total. The van der Waals surface area contributed by atoms with Gasteiger partial charge in [0.25, 0.3) is 0 Å². The summed E-state index contributed by atoms with van der Waals surface area (Å²) in [5, 5.41) is 0. The predicted octanol–water partition coefficient (Wildman–Crippen LogP) is 1.34. The Bertz CT molecular complexity index is 253. The van der Waals surface area contributed by atoms with Crippen molar-refractivity contribution in [1.29, 1.82) is 0 Å². The molecule has 0 saturated heterocycles. The van der Waals surface area contributed by atoms with E-state index in [2.05, 4.69) is 36.9 Å². The quantitative estimate of drug-likeness (QED) is 0.650. The summed E-state index contributed by atoms with van der Waals surface area (Å²) in [7, 11) is 0. The predicted molar refractivity (Wildman–Crippen MR) is 56.3 cm³/mol. The molecule has 13 heavy (non-hydrogen) atoms. The van der Waals surface area contributed by atoms with E-state index in [0.29, 0.717) is 11.9 Å². The van der Waals surface area contributed by atoms with Crippen LogP contribution in [0.25, 0.3) is 0 Å². The Morgan fingerprint density at radius 1 is 1.69 bits per heavy atom. The van der Waals surface area contributed by atoms with Gasteiger partial charge in [-0.1, -0.05) is 12.7 Å². The van der Waals surface area contributed by atoms with Crippen molar-refractivity contribution in [2.75, 3.05) is 6.54 Å². The summed E-state index contributed by atoms with van der Waals surface area (Å²) >= 11 is 0. The normalized spacial score (nSPS) is 23.3. The van der Waals surface area contributed by atoms with Crippen molar-refractivity contribution in [1.82, 2.24) is 4.90 Å². The minimum Gasteiger partial charge on any atom is -0.387 e. The topological polar surface area (TPSA) is 41.6 Å². The molecule has 3 nitrogen and oxygen atoms in total. The molecular weight excluding hydrogens is 162 g/mol. The molecular formula is C10H17N3. The SMILES string of the molecule is C=CC1CN(C(C)C)C(=C)N=C1N. The van der Waals surface area contributed by atoms with E-state index in [1.165, 1.54) is 0 Å². The van der Waals surface area contributed by atoms with Crippen molar-refractivity contribution < 1.29 is 0 Å². The first kappa shape index (κ1) is 9.84. The molecule has 0 aromatic heterocycles. The minimum atomic E-state index is 0.160. The van der Waals surface area contributed by atoms with Crippen LogP contribution in [0, 0.1) is 5.92 Å². The Morgan fingerprint density at radius 2 is 2.31 bits per heavy atom. The van der Waals surface area contributed by atoms with Crippen LogP contribution >= 0.6 is 0 Å². The van der Waals surface area contributed by atoms with Crippen LogP contribution in [0.1, 0.15) is 13.8 Å². The van der Waals surface area contributed by atoms with Gasteiger partial charge in [0.2, 0.25) is 0 Å². The zero-order chi connectivity index (χ0) is 10.0. The number of hydrogen-bond donors (Lipinski definition) is 1. The summed E-state index contributed by atoms with van der Waals surface area (Å²) in [6.07, 6.45) is 1.83. The Morgan fingerprint density at radius 3 is 2.77 bits per heavy atom. The average molecular weight is 179 g/mol. The van der Waals surface area contributed by atoms with E-state index >= 15 is 0 Å². The fourth-order valence-corrected chi connectivity index (χ4v) is 1.41. The molecule has 1 aliphatic heterocycles. The van der Waals surface area contributed by atoms with Gasteiger partial charge in [0.15, 0.2) is 0 Å². The van der Waals surface area contributed by atoms with Gasteiger partial charge in [-0.3, -0.25) is 0 Å². The molecule has 1 rings (SSSR count). The van der Waals surface area contributed by atoms with Gasteiger partial charge in [0.1, 0.15) is 11.7 Å². The second-order valence-corrected chi connectivity index (χ2v) is 3.54. The maximum absolute atomic E-state index is 5.73. The largest absolute Gasteiger partial charge is 0.387 e. The van der Waals surface area contributed by atoms with Crippen LogP contribution in [0.3, 0.4) is 0 Å². The minimum absolute atomic E-state index is 0.160. The number of rotatable bonds is 2. The van der Waals surface area contributed by atoms with Crippen LogP contribution in [0.2, 0.25) is 0 Å². The molecule has 0 bridgehead atoms. The van der Waals surface area contributed by atoms with Crippen molar-refractivity contribution in [2.45, 2.75) is 19.9 Å². The van der Waals surface area contributed by atoms with Gasteiger partial charge in [0.05, 0.1) is 5.92 Å². The van der Waals surface area contributed by atoms with E-state index in [-0.39, 0.29) is 5.92 Å². The van der Waals surface area contributed by atoms with E-state index in [0.717, 1.165) is 12.4 Å². The summed E-state index contributed by atoms with van der Waals surface area (Å²) in [4.78, 5) is 6.32. The molecule has 1 atom stereocenters. The highest BCUT2D eigenvalue weighted by atomic mass is 15.3. The lowest BCUT2D eigenvalue weighted by molar-refractivity contribution is 0.264. The van der Waals surface area contributed by atoms with Crippen LogP contribution in [-0.2, 0) is 0 Å². The Kier molecular flexibility index (Phi) is 2.76. The molecule has 0 aliphatic carbocycles. The lowest BCUT2D eigenvalue weighted by atomic mass is 10.1. The monoisotopic (exact) mass is 179 g/mol. The van der Waals surface area contributed by atoms with Gasteiger partial charge >= 0.3 is 0 Å². The number of amidine groups is 1. The maximum Gasteiger partial charge on any atom is 0.123 e. The molecule has 0 saturated carbocycles. The Labute approximate surface area is 79.6 Å². The molecule has 3 heteroatoms. The molecule has 0 spiro atoms. The first-order valence-electron chi connectivity index (χ1n) is 4.48. The Hall–Kier alpha value is -1.25. The van der Waals surface area contributed by atoms with Gasteiger partial charge in [0, 0.05) is 12.6 Å². The number of nitrogens with zero attached hydrogens (tertiary/aromatic N) is 2. The molecule has 0 aromatic rings. The van der Waals surface area contributed by atoms with E-state index in [9.17, 15) is 0 Å². The maximum atomic E-state index is 5.73. The fraction of sp³-hybridized carbons (Fsp3) is 0.500. The van der Waals surface area contributed by atoms with Crippen molar-refractivity contribution in [2.24, 2.45) is 16.6 Å². The number of nitrogens with two attached hydrogens (primary N) is 1. The second kappa shape index (κ2) is 3.64. The van der Waals surface area contributed by atoms with Crippen LogP contribution < -0.4 is 5.73 Å². The number of aliphatic imine (C=N–C) groups is 1. The highest BCUT2D eigenvalue weighted by Gasteiger charge is 2.23. The second-order valence-electron chi connectivity index (χ2n) is 3.54. The van der Waals surface area contributed by atoms with Crippen LogP contribution in [0.15, 0.2) is 30.0 Å². The highest BCUT2D eigenvalue weighted by molar-refractivity contribution is 5.86. The molecule has 0 aromatic carbocycles. The van der Waals surface area contributed by atoms with Crippen LogP contribution in [-0.4, -0.2) is 23.3 Å². The van der Waals surface area contributed by atoms with E-state index in [1.807, 2.05) is 6.08 Å². The van der Waals surface area contributed by atoms with Gasteiger partial charge in [-0.15, -0.1) is 6.58 Å². The molecule has 1 unspecified atom stereocenters. The third-order valence-electron chi connectivity index (χ3n) is 2.27. The molecule has 1 aliphatic rings. The first-order valence-corrected chi connectivity index (χ1v) is 4.48. The van der Waals surface area contributed by atoms with Crippen molar-refractivity contribution in [3.05, 3.63) is 25.1 Å². The average Bonchev–Trinajstić information content (AvgIpc) is 2.03. The zero-order valence-electron chi connectivity index (χ0n) is 8.33. The van der Waals surface area contributed by atoms with Crippen LogP contribution in [0.5, 0.6) is 0 Å². The summed E-state index contributed by atoms with van der Waals surface area (Å²) < 4.78 is 0. The van der Waals surface area contributed by atoms with Gasteiger partial charge in [-0.25, -0.2) is 4.99 Å². The lowest BCUT2D eigenvalue weighted by Crippen LogP contribution is -2.42. The van der Waals surface area contributed by atoms with Gasteiger partial charge in [-0.05, 0) is 13.8 Å². The van der Waals surface area contributed by atoms with Crippen molar-refractivity contribution >= 4 is 5.84 Å². The molecule has 0 amide bonds. The summed E-state index contributed by atoms with van der Waals surface area (Å²) in [6.45, 7) is 12.7. The summed E-state index contributed by atoms with van der Waals surface area (Å²) in [5.41, 5.74) is 5.73.